The van der Waals surface area contributed by atoms with E-state index in [4.69, 9.17) is 38.0 Å². The summed E-state index contributed by atoms with van der Waals surface area (Å²) in [6, 6.07) is 9.32. The maximum Gasteiger partial charge on any atom is 0.303 e. The topological polar surface area (TPSA) is 94.9 Å². The SMILES string of the molecule is CN1CCC12CCN(c1ncc(Oc3cc(CN4CCC(CC(=O)O)CC4)cc(-c4cc(Cl)cc(Cl)c4)n3)cn1)C2.Cl.Cl. The van der Waals surface area contributed by atoms with Crippen molar-refractivity contribution < 1.29 is 14.6 Å². The zero-order valence-electron chi connectivity index (χ0n) is 23.9. The van der Waals surface area contributed by atoms with Gasteiger partial charge in [0.25, 0.3) is 0 Å². The van der Waals surface area contributed by atoms with Crippen LogP contribution < -0.4 is 9.64 Å². The Morgan fingerprint density at radius 1 is 1.00 bits per heavy atom. The van der Waals surface area contributed by atoms with Crippen LogP contribution >= 0.6 is 48.0 Å². The molecule has 3 aliphatic rings. The summed E-state index contributed by atoms with van der Waals surface area (Å²) in [7, 11) is 2.19. The number of nitrogens with zero attached hydrogens (tertiary/aromatic N) is 6. The van der Waals surface area contributed by atoms with Gasteiger partial charge < -0.3 is 14.7 Å². The number of carbonyl (C=O) groups is 1. The number of likely N-dealkylation sites (N-methyl/N-ethyl adjacent to an activating group) is 1. The molecule has 0 radical (unpaired) electrons. The van der Waals surface area contributed by atoms with Gasteiger partial charge in [0, 0.05) is 59.8 Å². The molecule has 232 valence electrons. The number of pyridine rings is 1. The number of piperidine rings is 1. The molecule has 0 saturated carbocycles. The van der Waals surface area contributed by atoms with E-state index in [1.54, 1.807) is 18.5 Å². The number of hydrogen-bond acceptors (Lipinski definition) is 8. The van der Waals surface area contributed by atoms with E-state index in [1.807, 2.05) is 24.3 Å². The Morgan fingerprint density at radius 2 is 1.67 bits per heavy atom. The Morgan fingerprint density at radius 3 is 2.26 bits per heavy atom. The van der Waals surface area contributed by atoms with E-state index in [0.29, 0.717) is 33.9 Å². The van der Waals surface area contributed by atoms with Crippen molar-refractivity contribution in [3.05, 3.63) is 58.3 Å². The smallest absolute Gasteiger partial charge is 0.303 e. The molecule has 5 heterocycles. The number of carboxylic acid groups (broad SMARTS) is 1. The van der Waals surface area contributed by atoms with Gasteiger partial charge in [-0.05, 0) is 81.6 Å². The number of anilines is 1. The molecule has 2 aromatic heterocycles. The normalized spacial score (nSPS) is 20.8. The summed E-state index contributed by atoms with van der Waals surface area (Å²) in [5.74, 6) is 1.17. The summed E-state index contributed by atoms with van der Waals surface area (Å²) in [4.78, 5) is 32.1. The summed E-state index contributed by atoms with van der Waals surface area (Å²) in [6.45, 7) is 5.44. The van der Waals surface area contributed by atoms with Gasteiger partial charge in [-0.15, -0.1) is 24.8 Å². The summed E-state index contributed by atoms with van der Waals surface area (Å²) in [6.07, 6.45) is 7.74. The molecule has 1 atom stereocenters. The van der Waals surface area contributed by atoms with Crippen LogP contribution in [-0.2, 0) is 11.3 Å². The second kappa shape index (κ2) is 14.1. The molecule has 3 saturated heterocycles. The zero-order valence-corrected chi connectivity index (χ0v) is 27.1. The van der Waals surface area contributed by atoms with Crippen molar-refractivity contribution in [3.63, 3.8) is 0 Å². The molecule has 3 fully saturated rings. The fraction of sp³-hybridized carbons (Fsp3) is 0.467. The maximum atomic E-state index is 11.1. The summed E-state index contributed by atoms with van der Waals surface area (Å²) < 4.78 is 6.19. The third kappa shape index (κ3) is 7.82. The van der Waals surface area contributed by atoms with Crippen molar-refractivity contribution in [1.82, 2.24) is 24.8 Å². The maximum absolute atomic E-state index is 11.1. The number of rotatable bonds is 8. The molecule has 9 nitrogen and oxygen atoms in total. The third-order valence-electron chi connectivity index (χ3n) is 8.77. The van der Waals surface area contributed by atoms with Crippen LogP contribution in [-0.4, -0.2) is 81.1 Å². The summed E-state index contributed by atoms with van der Waals surface area (Å²) in [5, 5.41) is 10.2. The second-order valence-electron chi connectivity index (χ2n) is 11.6. The third-order valence-corrected chi connectivity index (χ3v) is 9.21. The van der Waals surface area contributed by atoms with Gasteiger partial charge in [-0.3, -0.25) is 14.6 Å². The van der Waals surface area contributed by atoms with Crippen LogP contribution in [0, 0.1) is 5.92 Å². The lowest BCUT2D eigenvalue weighted by Crippen LogP contribution is -2.59. The number of benzene rings is 1. The fourth-order valence-corrected chi connectivity index (χ4v) is 6.77. The van der Waals surface area contributed by atoms with Crippen molar-refractivity contribution in [2.45, 2.75) is 44.2 Å². The zero-order chi connectivity index (χ0) is 28.6. The van der Waals surface area contributed by atoms with E-state index < -0.39 is 5.97 Å². The standard InChI is InChI=1S/C30H34Cl2N6O3.2ClH/c1-36-8-4-30(36)5-9-38(19-30)29-33-16-25(17-34-29)41-27-11-21(18-37-6-2-20(3-7-37)12-28(39)40)10-26(35-27)22-13-23(31)15-24(32)14-22;;/h10-11,13-17,20H,2-9,12,18-19H2,1H3,(H,39,40);2*1H. The number of carboxylic acids is 1. The Hall–Kier alpha value is -2.40. The van der Waals surface area contributed by atoms with Crippen LogP contribution in [0.4, 0.5) is 5.95 Å². The monoisotopic (exact) mass is 668 g/mol. The minimum absolute atomic E-state index is 0. The van der Waals surface area contributed by atoms with Crippen molar-refractivity contribution >= 4 is 59.9 Å². The lowest BCUT2D eigenvalue weighted by molar-refractivity contribution is -0.138. The summed E-state index contributed by atoms with van der Waals surface area (Å²) >= 11 is 12.6. The highest BCUT2D eigenvalue weighted by Gasteiger charge is 2.47. The Balaban J connectivity index is 0.00000212. The largest absolute Gasteiger partial charge is 0.481 e. The van der Waals surface area contributed by atoms with Crippen LogP contribution in [0.1, 0.15) is 37.7 Å². The van der Waals surface area contributed by atoms with Crippen LogP contribution in [0.5, 0.6) is 11.6 Å². The molecule has 1 aromatic carbocycles. The van der Waals surface area contributed by atoms with E-state index >= 15 is 0 Å². The molecule has 1 spiro atoms. The molecule has 43 heavy (non-hydrogen) atoms. The molecule has 0 bridgehead atoms. The Labute approximate surface area is 274 Å². The molecule has 1 unspecified atom stereocenters. The van der Waals surface area contributed by atoms with Gasteiger partial charge in [-0.2, -0.15) is 0 Å². The van der Waals surface area contributed by atoms with E-state index in [0.717, 1.165) is 69.1 Å². The number of aromatic nitrogens is 3. The molecular formula is C30H36Cl4N6O3. The highest BCUT2D eigenvalue weighted by atomic mass is 35.5. The lowest BCUT2D eigenvalue weighted by Gasteiger charge is -2.48. The van der Waals surface area contributed by atoms with Crippen LogP contribution in [0.25, 0.3) is 11.3 Å². The molecule has 1 N–H and O–H groups in total. The van der Waals surface area contributed by atoms with Gasteiger partial charge in [0.1, 0.15) is 0 Å². The first-order valence-corrected chi connectivity index (χ1v) is 14.9. The predicted octanol–water partition coefficient (Wildman–Crippen LogP) is 6.45. The Kier molecular flexibility index (Phi) is 11.0. The number of halogens is 4. The van der Waals surface area contributed by atoms with Gasteiger partial charge in [0.05, 0.1) is 18.1 Å². The first kappa shape index (κ1) is 33.5. The van der Waals surface area contributed by atoms with Gasteiger partial charge >= 0.3 is 5.97 Å². The minimum atomic E-state index is -0.725. The molecule has 0 amide bonds. The fourth-order valence-electron chi connectivity index (χ4n) is 6.25. The van der Waals surface area contributed by atoms with E-state index in [-0.39, 0.29) is 42.7 Å². The van der Waals surface area contributed by atoms with Crippen LogP contribution in [0.2, 0.25) is 10.0 Å². The van der Waals surface area contributed by atoms with E-state index in [1.165, 1.54) is 6.42 Å². The Bertz CT molecular complexity index is 1400. The van der Waals surface area contributed by atoms with Crippen molar-refractivity contribution in [2.24, 2.45) is 5.92 Å². The van der Waals surface area contributed by atoms with E-state index in [9.17, 15) is 4.79 Å². The number of hydrogen-bond donors (Lipinski definition) is 1. The van der Waals surface area contributed by atoms with Gasteiger partial charge in [0.15, 0.2) is 5.75 Å². The molecule has 6 rings (SSSR count). The molecule has 3 aromatic rings. The minimum Gasteiger partial charge on any atom is -0.481 e. The van der Waals surface area contributed by atoms with Crippen LogP contribution in [0.15, 0.2) is 42.7 Å². The van der Waals surface area contributed by atoms with Crippen molar-refractivity contribution in [3.8, 4) is 22.9 Å². The highest BCUT2D eigenvalue weighted by Crippen LogP contribution is 2.39. The molecular weight excluding hydrogens is 634 g/mol. The molecule has 3 aliphatic heterocycles. The predicted molar refractivity (Wildman–Crippen MR) is 173 cm³/mol. The number of likely N-dealkylation sites (tertiary alicyclic amines) is 2. The van der Waals surface area contributed by atoms with Crippen molar-refractivity contribution in [2.75, 3.05) is 44.7 Å². The average molecular weight is 670 g/mol. The van der Waals surface area contributed by atoms with Gasteiger partial charge in [-0.1, -0.05) is 23.2 Å². The average Bonchev–Trinajstić information content (AvgIpc) is 3.41. The number of ether oxygens (including phenoxy) is 1. The van der Waals surface area contributed by atoms with Crippen LogP contribution in [0.3, 0.4) is 0 Å². The van der Waals surface area contributed by atoms with Gasteiger partial charge in [0.2, 0.25) is 11.8 Å². The van der Waals surface area contributed by atoms with Gasteiger partial charge in [-0.25, -0.2) is 15.0 Å². The quantitative estimate of drug-likeness (QED) is 0.290. The first-order valence-electron chi connectivity index (χ1n) is 14.1. The second-order valence-corrected chi connectivity index (χ2v) is 12.4. The number of aliphatic carboxylic acids is 1. The first-order chi connectivity index (χ1) is 19.7. The van der Waals surface area contributed by atoms with Crippen molar-refractivity contribution in [1.29, 1.82) is 0 Å². The summed E-state index contributed by atoms with van der Waals surface area (Å²) in [5.41, 5.74) is 2.80. The van der Waals surface area contributed by atoms with E-state index in [2.05, 4.69) is 31.7 Å². The lowest BCUT2D eigenvalue weighted by atomic mass is 9.85. The highest BCUT2D eigenvalue weighted by molar-refractivity contribution is 6.35. The molecule has 13 heteroatoms. The molecule has 0 aliphatic carbocycles.